The molecule has 0 amide bonds. The summed E-state index contributed by atoms with van der Waals surface area (Å²) in [7, 11) is 2.17. The summed E-state index contributed by atoms with van der Waals surface area (Å²) < 4.78 is 0.896. The number of hydrogen-bond donors (Lipinski definition) is 2. The summed E-state index contributed by atoms with van der Waals surface area (Å²) in [5.41, 5.74) is 7.49. The minimum absolute atomic E-state index is 0.104. The summed E-state index contributed by atoms with van der Waals surface area (Å²) in [5.74, 6) is 0.845. The average molecular weight is 324 g/mol. The molecule has 4 heteroatoms. The van der Waals surface area contributed by atoms with Gasteiger partial charge in [-0.05, 0) is 52.9 Å². The number of nitrogens with zero attached hydrogens (tertiary/aromatic N) is 1. The maximum absolute atomic E-state index is 7.52. The topological polar surface area (TPSA) is 53.1 Å². The molecule has 0 aliphatic heterocycles. The van der Waals surface area contributed by atoms with Crippen LogP contribution in [0.3, 0.4) is 0 Å². The highest BCUT2D eigenvalue weighted by Crippen LogP contribution is 2.32. The number of nitrogens with one attached hydrogen (secondary N) is 1. The van der Waals surface area contributed by atoms with Crippen LogP contribution in [0.5, 0.6) is 0 Å². The predicted octanol–water partition coefficient (Wildman–Crippen LogP) is 3.75. The van der Waals surface area contributed by atoms with Gasteiger partial charge in [0.25, 0.3) is 0 Å². The Labute approximate surface area is 123 Å². The van der Waals surface area contributed by atoms with Gasteiger partial charge < -0.3 is 10.6 Å². The van der Waals surface area contributed by atoms with Gasteiger partial charge in [0.2, 0.25) is 0 Å². The third kappa shape index (κ3) is 3.11. The molecule has 1 aliphatic rings. The van der Waals surface area contributed by atoms with Crippen molar-refractivity contribution in [2.24, 2.45) is 11.7 Å². The molecule has 0 heterocycles. The van der Waals surface area contributed by atoms with Crippen molar-refractivity contribution in [3.05, 3.63) is 28.2 Å². The molecular weight excluding hydrogens is 302 g/mol. The molecule has 2 unspecified atom stereocenters. The van der Waals surface area contributed by atoms with Crippen molar-refractivity contribution >= 4 is 27.5 Å². The summed E-state index contributed by atoms with van der Waals surface area (Å²) in [5, 5.41) is 7.52. The number of anilines is 1. The molecule has 104 valence electrons. The van der Waals surface area contributed by atoms with Crippen LogP contribution in [0.2, 0.25) is 0 Å². The Kier molecular flexibility index (Phi) is 4.50. The van der Waals surface area contributed by atoms with Gasteiger partial charge in [-0.25, -0.2) is 0 Å². The molecule has 1 aliphatic carbocycles. The van der Waals surface area contributed by atoms with Gasteiger partial charge >= 0.3 is 0 Å². The third-order valence-corrected chi connectivity index (χ3v) is 4.87. The highest BCUT2D eigenvalue weighted by molar-refractivity contribution is 9.10. The molecule has 3 nitrogen and oxygen atoms in total. The molecule has 0 bridgehead atoms. The fraction of sp³-hybridized carbons (Fsp3) is 0.533. The van der Waals surface area contributed by atoms with E-state index in [1.807, 2.05) is 6.07 Å². The SMILES string of the molecule is CC1CCCCC1N(C)c1ccc(C(=N)N)c(Br)c1. The maximum atomic E-state index is 7.52. The Morgan fingerprint density at radius 2 is 2.05 bits per heavy atom. The van der Waals surface area contributed by atoms with E-state index in [1.54, 1.807) is 0 Å². The van der Waals surface area contributed by atoms with Crippen LogP contribution >= 0.6 is 15.9 Å². The van der Waals surface area contributed by atoms with Gasteiger partial charge in [-0.2, -0.15) is 0 Å². The molecule has 3 N–H and O–H groups in total. The van der Waals surface area contributed by atoms with Gasteiger partial charge in [0.1, 0.15) is 5.84 Å². The van der Waals surface area contributed by atoms with Crippen LogP contribution in [0.1, 0.15) is 38.2 Å². The van der Waals surface area contributed by atoms with Gasteiger partial charge in [0.15, 0.2) is 0 Å². The van der Waals surface area contributed by atoms with E-state index in [9.17, 15) is 0 Å². The molecule has 2 rings (SSSR count). The minimum atomic E-state index is 0.104. The molecule has 0 saturated heterocycles. The van der Waals surface area contributed by atoms with Gasteiger partial charge in [-0.15, -0.1) is 0 Å². The molecule has 19 heavy (non-hydrogen) atoms. The van der Waals surface area contributed by atoms with E-state index in [0.717, 1.165) is 16.0 Å². The summed E-state index contributed by atoms with van der Waals surface area (Å²) in [6, 6.07) is 6.66. The molecule has 0 spiro atoms. The molecular formula is C15H22BrN3. The molecule has 1 aromatic carbocycles. The first kappa shape index (κ1) is 14.4. The van der Waals surface area contributed by atoms with Crippen molar-refractivity contribution in [3.8, 4) is 0 Å². The van der Waals surface area contributed by atoms with Crippen LogP contribution in [0, 0.1) is 11.3 Å². The van der Waals surface area contributed by atoms with E-state index in [1.165, 1.54) is 31.4 Å². The summed E-state index contributed by atoms with van der Waals surface area (Å²) >= 11 is 3.51. The normalized spacial score (nSPS) is 23.1. The number of nitrogens with two attached hydrogens (primary N) is 1. The zero-order valence-corrected chi connectivity index (χ0v) is 13.2. The van der Waals surface area contributed by atoms with E-state index in [4.69, 9.17) is 11.1 Å². The lowest BCUT2D eigenvalue weighted by Crippen LogP contribution is -2.39. The first-order valence-corrected chi connectivity index (χ1v) is 7.66. The number of halogens is 1. The van der Waals surface area contributed by atoms with Crippen molar-refractivity contribution in [2.45, 2.75) is 38.6 Å². The first-order chi connectivity index (χ1) is 9.00. The monoisotopic (exact) mass is 323 g/mol. The summed E-state index contributed by atoms with van der Waals surface area (Å²) in [6.07, 6.45) is 5.27. The quantitative estimate of drug-likeness (QED) is 0.657. The third-order valence-electron chi connectivity index (χ3n) is 4.21. The second kappa shape index (κ2) is 5.95. The lowest BCUT2D eigenvalue weighted by atomic mass is 9.85. The number of rotatable bonds is 3. The summed E-state index contributed by atoms with van der Waals surface area (Å²) in [4.78, 5) is 2.37. The lowest BCUT2D eigenvalue weighted by molar-refractivity contribution is 0.321. The predicted molar refractivity (Wildman–Crippen MR) is 85.0 cm³/mol. The Morgan fingerprint density at radius 1 is 1.37 bits per heavy atom. The van der Waals surface area contributed by atoms with Crippen molar-refractivity contribution in [2.75, 3.05) is 11.9 Å². The molecule has 2 atom stereocenters. The zero-order chi connectivity index (χ0) is 14.0. The van der Waals surface area contributed by atoms with Crippen LogP contribution in [0.15, 0.2) is 22.7 Å². The van der Waals surface area contributed by atoms with Crippen molar-refractivity contribution in [1.82, 2.24) is 0 Å². The lowest BCUT2D eigenvalue weighted by Gasteiger charge is -2.37. The fourth-order valence-corrected chi connectivity index (χ4v) is 3.59. The second-order valence-electron chi connectivity index (χ2n) is 5.52. The largest absolute Gasteiger partial charge is 0.384 e. The smallest absolute Gasteiger partial charge is 0.123 e. The standard InChI is InChI=1S/C15H22BrN3/c1-10-5-3-4-6-14(10)19(2)11-7-8-12(15(17)18)13(16)9-11/h7-10,14H,3-6H2,1-2H3,(H3,17,18). The van der Waals surface area contributed by atoms with Gasteiger partial charge in [0, 0.05) is 28.8 Å². The summed E-state index contributed by atoms with van der Waals surface area (Å²) in [6.45, 7) is 2.35. The van der Waals surface area contributed by atoms with Gasteiger partial charge in [0.05, 0.1) is 0 Å². The van der Waals surface area contributed by atoms with Crippen molar-refractivity contribution in [1.29, 1.82) is 5.41 Å². The van der Waals surface area contributed by atoms with E-state index < -0.39 is 0 Å². The fourth-order valence-electron chi connectivity index (χ4n) is 3.01. The number of amidine groups is 1. The highest BCUT2D eigenvalue weighted by atomic mass is 79.9. The highest BCUT2D eigenvalue weighted by Gasteiger charge is 2.25. The Balaban J connectivity index is 2.21. The molecule has 1 aromatic rings. The van der Waals surface area contributed by atoms with Gasteiger partial charge in [-0.1, -0.05) is 19.8 Å². The Hall–Kier alpha value is -1.03. The van der Waals surface area contributed by atoms with Gasteiger partial charge in [-0.3, -0.25) is 5.41 Å². The molecule has 1 saturated carbocycles. The van der Waals surface area contributed by atoms with E-state index in [-0.39, 0.29) is 5.84 Å². The van der Waals surface area contributed by atoms with Crippen molar-refractivity contribution in [3.63, 3.8) is 0 Å². The Bertz CT molecular complexity index is 472. The van der Waals surface area contributed by atoms with E-state index in [2.05, 4.69) is 46.9 Å². The number of hydrogen-bond acceptors (Lipinski definition) is 2. The minimum Gasteiger partial charge on any atom is -0.384 e. The van der Waals surface area contributed by atoms with E-state index >= 15 is 0 Å². The Morgan fingerprint density at radius 3 is 2.63 bits per heavy atom. The molecule has 1 fully saturated rings. The molecule has 0 aromatic heterocycles. The maximum Gasteiger partial charge on any atom is 0.123 e. The molecule has 0 radical (unpaired) electrons. The van der Waals surface area contributed by atoms with Crippen LogP contribution in [-0.2, 0) is 0 Å². The van der Waals surface area contributed by atoms with Crippen molar-refractivity contribution < 1.29 is 0 Å². The average Bonchev–Trinajstić information content (AvgIpc) is 2.38. The number of nitrogen functional groups attached to an aromatic ring is 1. The first-order valence-electron chi connectivity index (χ1n) is 6.87. The second-order valence-corrected chi connectivity index (χ2v) is 6.37. The van der Waals surface area contributed by atoms with E-state index in [0.29, 0.717) is 6.04 Å². The number of benzene rings is 1. The van der Waals surface area contributed by atoms with Crippen LogP contribution in [0.4, 0.5) is 5.69 Å². The van der Waals surface area contributed by atoms with Crippen LogP contribution in [-0.4, -0.2) is 18.9 Å². The van der Waals surface area contributed by atoms with Crippen LogP contribution in [0.25, 0.3) is 0 Å². The zero-order valence-electron chi connectivity index (χ0n) is 11.6. The van der Waals surface area contributed by atoms with Crippen LogP contribution < -0.4 is 10.6 Å².